The highest BCUT2D eigenvalue weighted by Gasteiger charge is 2.40. The molecular weight excluding hydrogens is 494 g/mol. The van der Waals surface area contributed by atoms with Crippen LogP contribution in [0.25, 0.3) is 0 Å². The number of hydrogen-bond acceptors (Lipinski definition) is 6. The van der Waals surface area contributed by atoms with Crippen LogP contribution in [0.3, 0.4) is 0 Å². The van der Waals surface area contributed by atoms with Crippen LogP contribution >= 0.6 is 0 Å². The lowest BCUT2D eigenvalue weighted by Gasteiger charge is -2.37. The molecule has 0 saturated heterocycles. The molecule has 1 aliphatic rings. The van der Waals surface area contributed by atoms with Crippen molar-refractivity contribution in [3.63, 3.8) is 0 Å². The van der Waals surface area contributed by atoms with Crippen LogP contribution in [0.4, 0.5) is 0 Å². The van der Waals surface area contributed by atoms with Crippen LogP contribution in [0.2, 0.25) is 0 Å². The highest BCUT2D eigenvalue weighted by molar-refractivity contribution is 5.81. The average molecular weight is 530 g/mol. The summed E-state index contributed by atoms with van der Waals surface area (Å²) < 4.78 is 29.4. The third-order valence-corrected chi connectivity index (χ3v) is 6.27. The second kappa shape index (κ2) is 13.8. The number of amides is 1. The first-order valence-electron chi connectivity index (χ1n) is 12.9. The number of ether oxygens (including phenoxy) is 5. The number of benzene rings is 3. The molecule has 3 aromatic rings. The molecule has 0 saturated carbocycles. The van der Waals surface area contributed by atoms with E-state index in [1.807, 2.05) is 85.8 Å². The summed E-state index contributed by atoms with van der Waals surface area (Å²) in [4.78, 5) is 13.0. The standard InChI is InChI=1S/C32H35NO6/c1-4-38-32(39-23-25-13-9-6-10-14-25)18-17-27(21-30(32)36-3)33-31(34)20-26-15-16-28(35-2)29(19-26)37-22-24-11-7-5-8-12-24/h5-19,21,30H,4,20,22-23H2,1-3H3,(H,33,34). The largest absolute Gasteiger partial charge is 0.493 e. The molecule has 7 nitrogen and oxygen atoms in total. The SMILES string of the molecule is CCOC1(OCc2ccccc2)C=CC(NC(=O)Cc2ccc(OC)c(OCc3ccccc3)c2)=CC1OC. The summed E-state index contributed by atoms with van der Waals surface area (Å²) in [5.41, 5.74) is 3.48. The van der Waals surface area contributed by atoms with Crippen molar-refractivity contribution in [1.29, 1.82) is 0 Å². The van der Waals surface area contributed by atoms with Crippen LogP contribution in [0.1, 0.15) is 23.6 Å². The number of hydrogen-bond donors (Lipinski definition) is 1. The highest BCUT2D eigenvalue weighted by Crippen LogP contribution is 2.31. The van der Waals surface area contributed by atoms with Gasteiger partial charge in [-0.3, -0.25) is 4.79 Å². The number of nitrogens with one attached hydrogen (secondary N) is 1. The van der Waals surface area contributed by atoms with E-state index in [4.69, 9.17) is 23.7 Å². The molecular formula is C32H35NO6. The van der Waals surface area contributed by atoms with Gasteiger partial charge in [-0.15, -0.1) is 0 Å². The van der Waals surface area contributed by atoms with Crippen LogP contribution in [0.5, 0.6) is 11.5 Å². The Labute approximate surface area is 230 Å². The molecule has 0 radical (unpaired) electrons. The van der Waals surface area contributed by atoms with Gasteiger partial charge in [-0.2, -0.15) is 0 Å². The van der Waals surface area contributed by atoms with Gasteiger partial charge < -0.3 is 29.0 Å². The van der Waals surface area contributed by atoms with Gasteiger partial charge in [-0.05, 0) is 54.0 Å². The molecule has 0 aliphatic heterocycles. The molecule has 2 unspecified atom stereocenters. The molecule has 1 N–H and O–H groups in total. The van der Waals surface area contributed by atoms with E-state index in [1.54, 1.807) is 32.4 Å². The average Bonchev–Trinajstić information content (AvgIpc) is 2.97. The van der Waals surface area contributed by atoms with E-state index in [2.05, 4.69) is 5.32 Å². The van der Waals surface area contributed by atoms with E-state index in [0.29, 0.717) is 37.0 Å². The quantitative estimate of drug-likeness (QED) is 0.301. The molecule has 7 heteroatoms. The molecule has 2 atom stereocenters. The summed E-state index contributed by atoms with van der Waals surface area (Å²) in [6.45, 7) is 3.09. The maximum atomic E-state index is 13.0. The van der Waals surface area contributed by atoms with Crippen molar-refractivity contribution in [2.45, 2.75) is 38.4 Å². The fourth-order valence-corrected chi connectivity index (χ4v) is 4.32. The summed E-state index contributed by atoms with van der Waals surface area (Å²) >= 11 is 0. The minimum atomic E-state index is -1.10. The highest BCUT2D eigenvalue weighted by atomic mass is 16.7. The Kier molecular flexibility index (Phi) is 9.91. The smallest absolute Gasteiger partial charge is 0.228 e. The van der Waals surface area contributed by atoms with Crippen LogP contribution in [0, 0.1) is 0 Å². The minimum absolute atomic E-state index is 0.162. The molecule has 1 amide bonds. The molecule has 39 heavy (non-hydrogen) atoms. The predicted octanol–water partition coefficient (Wildman–Crippen LogP) is 5.35. The summed E-state index contributed by atoms with van der Waals surface area (Å²) in [5.74, 6) is -0.0816. The Bertz CT molecular complexity index is 1270. The zero-order valence-corrected chi connectivity index (χ0v) is 22.6. The fraction of sp³-hybridized carbons (Fsp3) is 0.281. The fourth-order valence-electron chi connectivity index (χ4n) is 4.32. The second-order valence-corrected chi connectivity index (χ2v) is 9.02. The first-order valence-corrected chi connectivity index (χ1v) is 12.9. The van der Waals surface area contributed by atoms with E-state index in [9.17, 15) is 4.79 Å². The van der Waals surface area contributed by atoms with E-state index < -0.39 is 11.9 Å². The zero-order chi connectivity index (χ0) is 27.5. The molecule has 4 rings (SSSR count). The van der Waals surface area contributed by atoms with Crippen LogP contribution in [0.15, 0.2) is 103 Å². The van der Waals surface area contributed by atoms with Crippen molar-refractivity contribution in [3.8, 4) is 11.5 Å². The van der Waals surface area contributed by atoms with Gasteiger partial charge in [0.1, 0.15) is 12.7 Å². The molecule has 0 aromatic heterocycles. The van der Waals surface area contributed by atoms with Crippen LogP contribution in [-0.4, -0.2) is 38.6 Å². The van der Waals surface area contributed by atoms with Crippen LogP contribution < -0.4 is 14.8 Å². The van der Waals surface area contributed by atoms with Crippen molar-refractivity contribution in [3.05, 3.63) is 119 Å². The van der Waals surface area contributed by atoms with Crippen molar-refractivity contribution < 1.29 is 28.5 Å². The van der Waals surface area contributed by atoms with Gasteiger partial charge >= 0.3 is 0 Å². The molecule has 0 fully saturated rings. The van der Waals surface area contributed by atoms with Gasteiger partial charge in [-0.25, -0.2) is 0 Å². The van der Waals surface area contributed by atoms with Crippen molar-refractivity contribution in [2.24, 2.45) is 0 Å². The number of carbonyl (C=O) groups is 1. The first-order chi connectivity index (χ1) is 19.0. The lowest BCUT2D eigenvalue weighted by Crippen LogP contribution is -2.48. The molecule has 0 spiro atoms. The third kappa shape index (κ3) is 7.57. The Morgan fingerprint density at radius 3 is 2.18 bits per heavy atom. The lowest BCUT2D eigenvalue weighted by molar-refractivity contribution is -0.252. The molecule has 204 valence electrons. The van der Waals surface area contributed by atoms with Gasteiger partial charge in [0, 0.05) is 19.4 Å². The van der Waals surface area contributed by atoms with E-state index in [-0.39, 0.29) is 12.3 Å². The third-order valence-electron chi connectivity index (χ3n) is 6.27. The van der Waals surface area contributed by atoms with Gasteiger partial charge in [-0.1, -0.05) is 66.7 Å². The Hall–Kier alpha value is -3.91. The minimum Gasteiger partial charge on any atom is -0.493 e. The Balaban J connectivity index is 1.40. The van der Waals surface area contributed by atoms with Crippen LogP contribution in [-0.2, 0) is 38.6 Å². The Morgan fingerprint density at radius 1 is 0.846 bits per heavy atom. The van der Waals surface area contributed by atoms with Crippen molar-refractivity contribution in [1.82, 2.24) is 5.32 Å². The van der Waals surface area contributed by atoms with Gasteiger partial charge in [0.15, 0.2) is 11.5 Å². The molecule has 0 heterocycles. The first kappa shape index (κ1) is 28.1. The van der Waals surface area contributed by atoms with Crippen molar-refractivity contribution >= 4 is 5.91 Å². The number of allylic oxidation sites excluding steroid dienone is 1. The summed E-state index contributed by atoms with van der Waals surface area (Å²) in [7, 11) is 3.19. The number of rotatable bonds is 13. The van der Waals surface area contributed by atoms with E-state index >= 15 is 0 Å². The number of carbonyl (C=O) groups excluding carboxylic acids is 1. The topological polar surface area (TPSA) is 75.3 Å². The van der Waals surface area contributed by atoms with Gasteiger partial charge in [0.05, 0.1) is 20.1 Å². The maximum Gasteiger partial charge on any atom is 0.228 e. The summed E-state index contributed by atoms with van der Waals surface area (Å²) in [6, 6.07) is 25.3. The monoisotopic (exact) mass is 529 g/mol. The lowest BCUT2D eigenvalue weighted by atomic mass is 10.0. The van der Waals surface area contributed by atoms with Crippen molar-refractivity contribution in [2.75, 3.05) is 20.8 Å². The van der Waals surface area contributed by atoms with Gasteiger partial charge in [0.25, 0.3) is 0 Å². The molecule has 0 bridgehead atoms. The zero-order valence-electron chi connectivity index (χ0n) is 22.6. The molecule has 3 aromatic carbocycles. The summed E-state index contributed by atoms with van der Waals surface area (Å²) in [6.07, 6.45) is 5.00. The van der Waals surface area contributed by atoms with E-state index in [0.717, 1.165) is 16.7 Å². The second-order valence-electron chi connectivity index (χ2n) is 9.02. The normalized spacial score (nSPS) is 18.3. The van der Waals surface area contributed by atoms with E-state index in [1.165, 1.54) is 0 Å². The van der Waals surface area contributed by atoms with Gasteiger partial charge in [0.2, 0.25) is 11.7 Å². The maximum absolute atomic E-state index is 13.0. The summed E-state index contributed by atoms with van der Waals surface area (Å²) in [5, 5.41) is 2.96. The number of methoxy groups -OCH3 is 2. The Morgan fingerprint density at radius 2 is 1.54 bits per heavy atom. The molecule has 1 aliphatic carbocycles. The predicted molar refractivity (Wildman–Crippen MR) is 149 cm³/mol.